The number of carbonyl (C=O) groups is 2. The smallest absolute Gasteiger partial charge is 0.296 e. The number of phenols is 1. The topological polar surface area (TPSA) is 84.2 Å². The fourth-order valence-electron chi connectivity index (χ4n) is 3.28. The van der Waals surface area contributed by atoms with E-state index in [1.807, 2.05) is 0 Å². The third kappa shape index (κ3) is 3.97. The van der Waals surface area contributed by atoms with Crippen LogP contribution in [0.25, 0.3) is 10.9 Å². The van der Waals surface area contributed by atoms with Crippen LogP contribution in [0.2, 0.25) is 10.0 Å². The van der Waals surface area contributed by atoms with E-state index in [4.69, 9.17) is 23.2 Å². The number of hydrogen-bond donors (Lipinski definition) is 2. The largest absolute Gasteiger partial charge is 0.506 e. The molecule has 0 saturated heterocycles. The number of nitrogens with one attached hydrogen (secondary N) is 1. The molecule has 156 valence electrons. The van der Waals surface area contributed by atoms with Gasteiger partial charge in [0.05, 0.1) is 33.4 Å². The molecule has 2 heterocycles. The highest BCUT2D eigenvalue weighted by Gasteiger charge is 2.24. The van der Waals surface area contributed by atoms with Crippen LogP contribution in [0, 0.1) is 5.82 Å². The Morgan fingerprint density at radius 3 is 2.48 bits per heavy atom. The van der Waals surface area contributed by atoms with E-state index in [-0.39, 0.29) is 33.6 Å². The molecule has 0 fully saturated rings. The van der Waals surface area contributed by atoms with E-state index in [2.05, 4.69) is 10.3 Å². The second-order valence-electron chi connectivity index (χ2n) is 6.70. The van der Waals surface area contributed by atoms with Crippen LogP contribution in [0.15, 0.2) is 61.1 Å². The Hall–Kier alpha value is -3.42. The summed E-state index contributed by atoms with van der Waals surface area (Å²) in [6, 6.07) is 10.8. The van der Waals surface area contributed by atoms with Gasteiger partial charge in [-0.3, -0.25) is 14.6 Å². The molecule has 0 spiro atoms. The number of Topliss-reactive ketones (excluding diaryl/α,β-unsaturated/α-hetero) is 1. The van der Waals surface area contributed by atoms with Crippen LogP contribution in [-0.2, 0) is 11.3 Å². The molecular weight excluding hydrogens is 444 g/mol. The van der Waals surface area contributed by atoms with Gasteiger partial charge < -0.3 is 15.0 Å². The summed E-state index contributed by atoms with van der Waals surface area (Å²) >= 11 is 12.0. The maximum atomic E-state index is 14.2. The van der Waals surface area contributed by atoms with Crippen LogP contribution in [0.3, 0.4) is 0 Å². The van der Waals surface area contributed by atoms with Crippen molar-refractivity contribution in [2.24, 2.45) is 0 Å². The van der Waals surface area contributed by atoms with E-state index in [0.29, 0.717) is 16.5 Å². The summed E-state index contributed by atoms with van der Waals surface area (Å²) in [5.74, 6) is -2.36. The van der Waals surface area contributed by atoms with Crippen molar-refractivity contribution in [1.29, 1.82) is 0 Å². The summed E-state index contributed by atoms with van der Waals surface area (Å²) in [5.41, 5.74) is 0.777. The van der Waals surface area contributed by atoms with E-state index in [1.165, 1.54) is 35.3 Å². The number of benzene rings is 2. The minimum Gasteiger partial charge on any atom is -0.506 e. The van der Waals surface area contributed by atoms with Gasteiger partial charge in [-0.15, -0.1) is 0 Å². The van der Waals surface area contributed by atoms with Gasteiger partial charge in [-0.05, 0) is 12.1 Å². The first kappa shape index (κ1) is 20.8. The van der Waals surface area contributed by atoms with E-state index in [0.717, 1.165) is 0 Å². The molecule has 0 bridgehead atoms. The lowest BCUT2D eigenvalue weighted by Crippen LogP contribution is -2.23. The molecule has 0 aliphatic heterocycles. The SMILES string of the molecule is O=C(Nc1c(Cl)cncc1Cl)C(=O)c1cn(Cc2ccccc2F)c2c(O)cccc12. The summed E-state index contributed by atoms with van der Waals surface area (Å²) in [4.78, 5) is 29.4. The molecule has 6 nitrogen and oxygen atoms in total. The van der Waals surface area contributed by atoms with Crippen molar-refractivity contribution in [2.75, 3.05) is 5.32 Å². The fraction of sp³-hybridized carbons (Fsp3) is 0.0455. The third-order valence-electron chi connectivity index (χ3n) is 4.72. The average molecular weight is 458 g/mol. The van der Waals surface area contributed by atoms with Crippen molar-refractivity contribution in [3.63, 3.8) is 0 Å². The molecule has 0 aliphatic rings. The highest BCUT2D eigenvalue weighted by molar-refractivity contribution is 6.50. The first-order valence-electron chi connectivity index (χ1n) is 9.05. The normalized spacial score (nSPS) is 10.9. The minimum atomic E-state index is -0.969. The van der Waals surface area contributed by atoms with Crippen LogP contribution in [-0.4, -0.2) is 26.3 Å². The van der Waals surface area contributed by atoms with Crippen molar-refractivity contribution in [1.82, 2.24) is 9.55 Å². The molecular formula is C22H14Cl2FN3O3. The molecule has 4 rings (SSSR count). The molecule has 2 aromatic carbocycles. The Kier molecular flexibility index (Phi) is 5.63. The number of para-hydroxylation sites is 1. The van der Waals surface area contributed by atoms with Crippen LogP contribution < -0.4 is 5.32 Å². The van der Waals surface area contributed by atoms with Gasteiger partial charge >= 0.3 is 0 Å². The molecule has 0 saturated carbocycles. The molecule has 0 atom stereocenters. The zero-order valence-electron chi connectivity index (χ0n) is 15.8. The lowest BCUT2D eigenvalue weighted by atomic mass is 10.1. The number of rotatable bonds is 5. The van der Waals surface area contributed by atoms with Gasteiger partial charge in [0.1, 0.15) is 11.6 Å². The Labute approximate surface area is 185 Å². The summed E-state index contributed by atoms with van der Waals surface area (Å²) < 4.78 is 15.7. The van der Waals surface area contributed by atoms with Crippen molar-refractivity contribution in [2.45, 2.75) is 6.54 Å². The number of fused-ring (bicyclic) bond motifs is 1. The summed E-state index contributed by atoms with van der Waals surface area (Å²) in [5, 5.41) is 13.3. The van der Waals surface area contributed by atoms with Crippen molar-refractivity contribution >= 4 is 51.5 Å². The van der Waals surface area contributed by atoms with E-state index in [1.54, 1.807) is 30.3 Å². The van der Waals surface area contributed by atoms with Gasteiger partial charge in [0, 0.05) is 29.5 Å². The highest BCUT2D eigenvalue weighted by Crippen LogP contribution is 2.32. The predicted molar refractivity (Wildman–Crippen MR) is 116 cm³/mol. The number of amides is 1. The van der Waals surface area contributed by atoms with Gasteiger partial charge in [0.2, 0.25) is 0 Å². The number of aromatic hydroxyl groups is 1. The monoisotopic (exact) mass is 457 g/mol. The number of carbonyl (C=O) groups excluding carboxylic acids is 2. The van der Waals surface area contributed by atoms with Gasteiger partial charge in [-0.2, -0.15) is 0 Å². The van der Waals surface area contributed by atoms with E-state index < -0.39 is 17.5 Å². The second kappa shape index (κ2) is 8.37. The number of halogens is 3. The number of ketones is 1. The molecule has 0 aliphatic carbocycles. The second-order valence-corrected chi connectivity index (χ2v) is 7.51. The molecule has 0 unspecified atom stereocenters. The van der Waals surface area contributed by atoms with Gasteiger partial charge in [0.15, 0.2) is 0 Å². The third-order valence-corrected chi connectivity index (χ3v) is 5.29. The van der Waals surface area contributed by atoms with Crippen molar-refractivity contribution < 1.29 is 19.1 Å². The standard InChI is InChI=1S/C22H14Cl2FN3O3/c23-15-8-26-9-16(24)19(15)27-22(31)21(30)14-11-28(10-12-4-1-2-6-17(12)25)20-13(14)5-3-7-18(20)29/h1-9,11,29H,10H2,(H,26,27,31). The van der Waals surface area contributed by atoms with E-state index >= 15 is 0 Å². The number of anilines is 1. The van der Waals surface area contributed by atoms with Crippen LogP contribution in [0.4, 0.5) is 10.1 Å². The number of aromatic nitrogens is 2. The molecule has 1 amide bonds. The molecule has 2 aromatic heterocycles. The molecule has 9 heteroatoms. The highest BCUT2D eigenvalue weighted by atomic mass is 35.5. The Balaban J connectivity index is 1.74. The van der Waals surface area contributed by atoms with Crippen LogP contribution >= 0.6 is 23.2 Å². The first-order valence-corrected chi connectivity index (χ1v) is 9.81. The number of phenolic OH excluding ortho intramolecular Hbond substituents is 1. The summed E-state index contributed by atoms with van der Waals surface area (Å²) in [7, 11) is 0. The molecule has 4 aromatic rings. The first-order chi connectivity index (χ1) is 14.9. The number of hydrogen-bond acceptors (Lipinski definition) is 4. The van der Waals surface area contributed by atoms with Crippen molar-refractivity contribution in [3.8, 4) is 5.75 Å². The summed E-state index contributed by atoms with van der Waals surface area (Å²) in [6.45, 7) is 0.0532. The van der Waals surface area contributed by atoms with E-state index in [9.17, 15) is 19.1 Å². The number of nitrogens with zero attached hydrogens (tertiary/aromatic N) is 2. The van der Waals surface area contributed by atoms with Crippen LogP contribution in [0.5, 0.6) is 5.75 Å². The minimum absolute atomic E-state index is 0.0426. The van der Waals surface area contributed by atoms with Gasteiger partial charge in [-0.1, -0.05) is 53.5 Å². The molecule has 31 heavy (non-hydrogen) atoms. The Morgan fingerprint density at radius 1 is 1.06 bits per heavy atom. The lowest BCUT2D eigenvalue weighted by molar-refractivity contribution is -0.112. The van der Waals surface area contributed by atoms with Gasteiger partial charge in [-0.25, -0.2) is 4.39 Å². The molecule has 2 N–H and O–H groups in total. The van der Waals surface area contributed by atoms with Crippen molar-refractivity contribution in [3.05, 3.63) is 88.0 Å². The maximum absolute atomic E-state index is 14.2. The zero-order valence-corrected chi connectivity index (χ0v) is 17.3. The maximum Gasteiger partial charge on any atom is 0.296 e. The Bertz CT molecular complexity index is 1320. The summed E-state index contributed by atoms with van der Waals surface area (Å²) in [6.07, 6.45) is 3.98. The van der Waals surface area contributed by atoms with Gasteiger partial charge in [0.25, 0.3) is 11.7 Å². The predicted octanol–water partition coefficient (Wildman–Crippen LogP) is 5.06. The number of pyridine rings is 1. The average Bonchev–Trinajstić information content (AvgIpc) is 3.11. The Morgan fingerprint density at radius 2 is 1.77 bits per heavy atom. The molecule has 0 radical (unpaired) electrons. The van der Waals surface area contributed by atoms with Crippen LogP contribution in [0.1, 0.15) is 15.9 Å². The fourth-order valence-corrected chi connectivity index (χ4v) is 3.74. The quantitative estimate of drug-likeness (QED) is 0.324. The lowest BCUT2D eigenvalue weighted by Gasteiger charge is -2.07. The zero-order chi connectivity index (χ0) is 22.1.